The summed E-state index contributed by atoms with van der Waals surface area (Å²) in [6.45, 7) is 12.2. The van der Waals surface area contributed by atoms with Crippen LogP contribution in [0, 0.1) is 29.6 Å². The predicted octanol–water partition coefficient (Wildman–Crippen LogP) is 3.79. The van der Waals surface area contributed by atoms with Crippen molar-refractivity contribution in [3.05, 3.63) is 0 Å². The van der Waals surface area contributed by atoms with Gasteiger partial charge in [0.2, 0.25) is 0 Å². The lowest BCUT2D eigenvalue weighted by Crippen LogP contribution is -2.45. The number of likely N-dealkylation sites (tertiary alicyclic amines) is 1. The average Bonchev–Trinajstić information content (AvgIpc) is 2.87. The molecule has 98 valence electrons. The van der Waals surface area contributed by atoms with Gasteiger partial charge >= 0.3 is 0 Å². The van der Waals surface area contributed by atoms with Gasteiger partial charge in [0.05, 0.1) is 0 Å². The lowest BCUT2D eigenvalue weighted by molar-refractivity contribution is 0.0955. The van der Waals surface area contributed by atoms with Crippen LogP contribution in [0.1, 0.15) is 53.9 Å². The average molecular weight is 235 g/mol. The molecule has 1 heterocycles. The van der Waals surface area contributed by atoms with Crippen LogP contribution in [-0.2, 0) is 0 Å². The molecule has 1 saturated heterocycles. The van der Waals surface area contributed by atoms with E-state index in [-0.39, 0.29) is 0 Å². The molecule has 2 aliphatic carbocycles. The van der Waals surface area contributed by atoms with Crippen molar-refractivity contribution in [1.29, 1.82) is 0 Å². The Morgan fingerprint density at radius 3 is 2.06 bits per heavy atom. The van der Waals surface area contributed by atoms with Crippen molar-refractivity contribution in [2.24, 2.45) is 29.6 Å². The molecule has 1 heteroatoms. The molecule has 0 aromatic heterocycles. The number of nitrogens with zero attached hydrogens (tertiary/aromatic N) is 1. The summed E-state index contributed by atoms with van der Waals surface area (Å²) in [4.78, 5) is 2.87. The minimum absolute atomic E-state index is 0.724. The first-order valence-corrected chi connectivity index (χ1v) is 7.79. The summed E-state index contributed by atoms with van der Waals surface area (Å²) >= 11 is 0. The second kappa shape index (κ2) is 3.98. The van der Waals surface area contributed by atoms with Gasteiger partial charge in [0.15, 0.2) is 0 Å². The third-order valence-electron chi connectivity index (χ3n) is 6.09. The first kappa shape index (κ1) is 12.0. The Bertz CT molecular complexity index is 296. The smallest absolute Gasteiger partial charge is 0.0158 e. The van der Waals surface area contributed by atoms with Crippen LogP contribution in [-0.4, -0.2) is 23.0 Å². The Morgan fingerprint density at radius 2 is 1.53 bits per heavy atom. The van der Waals surface area contributed by atoms with Crippen LogP contribution in [0.15, 0.2) is 0 Å². The van der Waals surface area contributed by atoms with E-state index in [2.05, 4.69) is 39.5 Å². The number of hydrogen-bond donors (Lipinski definition) is 0. The Morgan fingerprint density at radius 1 is 0.941 bits per heavy atom. The molecule has 3 fully saturated rings. The maximum Gasteiger partial charge on any atom is 0.0158 e. The minimum Gasteiger partial charge on any atom is -0.294 e. The van der Waals surface area contributed by atoms with Crippen LogP contribution >= 0.6 is 0 Å². The number of fused-ring (bicyclic) bond motifs is 5. The summed E-state index contributed by atoms with van der Waals surface area (Å²) < 4.78 is 0. The molecule has 0 amide bonds. The van der Waals surface area contributed by atoms with E-state index in [1.165, 1.54) is 12.8 Å². The van der Waals surface area contributed by atoms with E-state index in [4.69, 9.17) is 0 Å². The fourth-order valence-electron chi connectivity index (χ4n) is 5.87. The molecule has 0 radical (unpaired) electrons. The highest BCUT2D eigenvalue weighted by atomic mass is 15.3. The number of rotatable bonds is 2. The van der Waals surface area contributed by atoms with Crippen molar-refractivity contribution in [2.45, 2.75) is 72.0 Å². The Kier molecular flexibility index (Phi) is 2.81. The molecular formula is C16H29N. The highest BCUT2D eigenvalue weighted by Crippen LogP contribution is 2.60. The molecule has 0 aromatic carbocycles. The molecule has 0 N–H and O–H groups in total. The predicted molar refractivity (Wildman–Crippen MR) is 72.9 cm³/mol. The van der Waals surface area contributed by atoms with Gasteiger partial charge in [-0.25, -0.2) is 0 Å². The first-order chi connectivity index (χ1) is 8.02. The van der Waals surface area contributed by atoms with Crippen LogP contribution in [0.2, 0.25) is 0 Å². The quantitative estimate of drug-likeness (QED) is 0.704. The topological polar surface area (TPSA) is 3.24 Å². The maximum atomic E-state index is 2.87. The van der Waals surface area contributed by atoms with Crippen LogP contribution in [0.5, 0.6) is 0 Å². The zero-order chi connectivity index (χ0) is 12.3. The van der Waals surface area contributed by atoms with Crippen molar-refractivity contribution in [3.63, 3.8) is 0 Å². The molecule has 3 rings (SSSR count). The Hall–Kier alpha value is -0.0400. The molecule has 0 spiro atoms. The lowest BCUT2D eigenvalue weighted by Gasteiger charge is -2.37. The minimum atomic E-state index is 0.724. The summed E-state index contributed by atoms with van der Waals surface area (Å²) in [5.74, 6) is 5.04. The van der Waals surface area contributed by atoms with Crippen LogP contribution in [0.3, 0.4) is 0 Å². The highest BCUT2D eigenvalue weighted by molar-refractivity contribution is 5.11. The van der Waals surface area contributed by atoms with Crippen LogP contribution in [0.4, 0.5) is 0 Å². The third-order valence-corrected chi connectivity index (χ3v) is 6.09. The van der Waals surface area contributed by atoms with Gasteiger partial charge in [0, 0.05) is 18.1 Å². The van der Waals surface area contributed by atoms with Gasteiger partial charge in [-0.15, -0.1) is 0 Å². The summed E-state index contributed by atoms with van der Waals surface area (Å²) in [5, 5.41) is 0. The largest absolute Gasteiger partial charge is 0.294 e. The van der Waals surface area contributed by atoms with Gasteiger partial charge in [-0.2, -0.15) is 0 Å². The van der Waals surface area contributed by atoms with Crippen molar-refractivity contribution in [1.82, 2.24) is 4.90 Å². The molecule has 1 nitrogen and oxygen atoms in total. The fourth-order valence-corrected chi connectivity index (χ4v) is 5.87. The van der Waals surface area contributed by atoms with Crippen LogP contribution in [0.25, 0.3) is 0 Å². The third kappa shape index (κ3) is 1.54. The van der Waals surface area contributed by atoms with Gasteiger partial charge in [-0.1, -0.05) is 13.8 Å². The van der Waals surface area contributed by atoms with Gasteiger partial charge in [-0.3, -0.25) is 4.90 Å². The normalized spacial score (nSPS) is 49.6. The highest BCUT2D eigenvalue weighted by Gasteiger charge is 2.59. The molecule has 1 aliphatic heterocycles. The summed E-state index contributed by atoms with van der Waals surface area (Å²) in [6, 6.07) is 2.43. The molecule has 17 heavy (non-hydrogen) atoms. The monoisotopic (exact) mass is 235 g/mol. The van der Waals surface area contributed by atoms with E-state index >= 15 is 0 Å². The maximum absolute atomic E-state index is 2.87. The van der Waals surface area contributed by atoms with E-state index in [1.807, 2.05) is 0 Å². The van der Waals surface area contributed by atoms with E-state index in [9.17, 15) is 0 Å². The summed E-state index contributed by atoms with van der Waals surface area (Å²) in [5.41, 5.74) is 0. The molecular weight excluding hydrogens is 206 g/mol. The Labute approximate surface area is 107 Å². The molecule has 3 aliphatic rings. The van der Waals surface area contributed by atoms with Crippen LogP contribution < -0.4 is 0 Å². The number of hydrogen-bond acceptors (Lipinski definition) is 1. The van der Waals surface area contributed by atoms with Crippen molar-refractivity contribution in [2.75, 3.05) is 0 Å². The fraction of sp³-hybridized carbons (Fsp3) is 1.00. The second-order valence-electron chi connectivity index (χ2n) is 7.50. The SMILES string of the molecule is CC(C)C1C2C3CCC(C3)C2C(C)N1C(C)C. The molecule has 2 saturated carbocycles. The molecule has 0 aromatic rings. The lowest BCUT2D eigenvalue weighted by atomic mass is 9.74. The van der Waals surface area contributed by atoms with E-state index in [0.717, 1.165) is 47.7 Å². The van der Waals surface area contributed by atoms with Gasteiger partial charge in [0.1, 0.15) is 0 Å². The van der Waals surface area contributed by atoms with E-state index < -0.39 is 0 Å². The van der Waals surface area contributed by atoms with Crippen molar-refractivity contribution < 1.29 is 0 Å². The molecule has 6 unspecified atom stereocenters. The molecule has 2 bridgehead atoms. The molecule has 6 atom stereocenters. The summed E-state index contributed by atoms with van der Waals surface area (Å²) in [7, 11) is 0. The van der Waals surface area contributed by atoms with Gasteiger partial charge in [0.25, 0.3) is 0 Å². The van der Waals surface area contributed by atoms with Crippen molar-refractivity contribution >= 4 is 0 Å². The van der Waals surface area contributed by atoms with Gasteiger partial charge < -0.3 is 0 Å². The van der Waals surface area contributed by atoms with E-state index in [1.54, 1.807) is 6.42 Å². The first-order valence-electron chi connectivity index (χ1n) is 7.79. The van der Waals surface area contributed by atoms with E-state index in [0.29, 0.717) is 0 Å². The Balaban J connectivity index is 1.94. The zero-order valence-corrected chi connectivity index (χ0v) is 12.2. The summed E-state index contributed by atoms with van der Waals surface area (Å²) in [6.07, 6.45) is 4.63. The zero-order valence-electron chi connectivity index (χ0n) is 12.2. The van der Waals surface area contributed by atoms with Gasteiger partial charge in [-0.05, 0) is 69.6 Å². The second-order valence-corrected chi connectivity index (χ2v) is 7.50. The van der Waals surface area contributed by atoms with Crippen molar-refractivity contribution in [3.8, 4) is 0 Å². The standard InChI is InChI=1S/C16H29N/c1-9(2)16-15-13-7-6-12(8-13)14(15)11(5)17(16)10(3)4/h9-16H,6-8H2,1-5H3.